The SMILES string of the molecule is COc1ccc(C(=O)N2CCC(Cc3nc(-c4ccccc4)n[nH]3)CC2)cn1. The van der Waals surface area contributed by atoms with Crippen LogP contribution >= 0.6 is 0 Å². The number of nitrogens with zero attached hydrogens (tertiary/aromatic N) is 4. The summed E-state index contributed by atoms with van der Waals surface area (Å²) in [6.45, 7) is 1.49. The molecule has 2 aromatic heterocycles. The molecule has 28 heavy (non-hydrogen) atoms. The van der Waals surface area contributed by atoms with E-state index in [1.54, 1.807) is 25.4 Å². The Morgan fingerprint density at radius 1 is 1.18 bits per heavy atom. The first kappa shape index (κ1) is 18.2. The number of hydrogen-bond donors (Lipinski definition) is 1. The van der Waals surface area contributed by atoms with Gasteiger partial charge in [0.15, 0.2) is 5.82 Å². The largest absolute Gasteiger partial charge is 0.481 e. The Balaban J connectivity index is 1.32. The van der Waals surface area contributed by atoms with Gasteiger partial charge in [-0.2, -0.15) is 5.10 Å². The number of nitrogens with one attached hydrogen (secondary N) is 1. The molecule has 1 aliphatic heterocycles. The van der Waals surface area contributed by atoms with Gasteiger partial charge in [0.25, 0.3) is 5.91 Å². The third-order valence-corrected chi connectivity index (χ3v) is 5.14. The molecule has 1 saturated heterocycles. The van der Waals surface area contributed by atoms with Crippen LogP contribution in [-0.2, 0) is 6.42 Å². The molecule has 1 aliphatic rings. The van der Waals surface area contributed by atoms with Crippen LogP contribution in [0.15, 0.2) is 48.7 Å². The smallest absolute Gasteiger partial charge is 0.255 e. The van der Waals surface area contributed by atoms with E-state index in [-0.39, 0.29) is 5.91 Å². The van der Waals surface area contributed by atoms with Crippen LogP contribution in [0.3, 0.4) is 0 Å². The summed E-state index contributed by atoms with van der Waals surface area (Å²) in [5, 5.41) is 7.39. The van der Waals surface area contributed by atoms with Crippen molar-refractivity contribution in [2.75, 3.05) is 20.2 Å². The van der Waals surface area contributed by atoms with Gasteiger partial charge >= 0.3 is 0 Å². The molecule has 1 amide bonds. The molecule has 0 saturated carbocycles. The molecule has 4 rings (SSSR count). The first-order valence-corrected chi connectivity index (χ1v) is 9.49. The fourth-order valence-electron chi connectivity index (χ4n) is 3.53. The number of carbonyl (C=O) groups excluding carboxylic acids is 1. The number of piperidine rings is 1. The van der Waals surface area contributed by atoms with Gasteiger partial charge in [-0.1, -0.05) is 30.3 Å². The molecule has 0 aliphatic carbocycles. The highest BCUT2D eigenvalue weighted by Crippen LogP contribution is 2.23. The van der Waals surface area contributed by atoms with Crippen molar-refractivity contribution < 1.29 is 9.53 Å². The van der Waals surface area contributed by atoms with Gasteiger partial charge in [0.1, 0.15) is 5.82 Å². The number of amides is 1. The molecule has 1 fully saturated rings. The van der Waals surface area contributed by atoms with Gasteiger partial charge in [-0.3, -0.25) is 9.89 Å². The molecule has 0 spiro atoms. The van der Waals surface area contributed by atoms with E-state index < -0.39 is 0 Å². The lowest BCUT2D eigenvalue weighted by Crippen LogP contribution is -2.39. The monoisotopic (exact) mass is 377 g/mol. The summed E-state index contributed by atoms with van der Waals surface area (Å²) in [5.74, 6) is 2.67. The molecular formula is C21H23N5O2. The number of ether oxygens (including phenoxy) is 1. The molecule has 1 N–H and O–H groups in total. The molecule has 3 aromatic rings. The van der Waals surface area contributed by atoms with E-state index in [4.69, 9.17) is 4.74 Å². The number of likely N-dealkylation sites (tertiary alicyclic amines) is 1. The standard InChI is InChI=1S/C21H23N5O2/c1-28-19-8-7-17(14-22-19)21(27)26-11-9-15(10-12-26)13-18-23-20(25-24-18)16-5-3-2-4-6-16/h2-8,14-15H,9-13H2,1H3,(H,23,24,25). The van der Waals surface area contributed by atoms with Crippen molar-refractivity contribution in [3.8, 4) is 17.3 Å². The summed E-state index contributed by atoms with van der Waals surface area (Å²) in [5.41, 5.74) is 1.61. The molecule has 0 atom stereocenters. The van der Waals surface area contributed by atoms with Crippen LogP contribution in [-0.4, -0.2) is 51.2 Å². The summed E-state index contributed by atoms with van der Waals surface area (Å²) in [4.78, 5) is 23.3. The highest BCUT2D eigenvalue weighted by Gasteiger charge is 2.25. The van der Waals surface area contributed by atoms with Crippen LogP contribution in [0.2, 0.25) is 0 Å². The van der Waals surface area contributed by atoms with Crippen LogP contribution in [0, 0.1) is 5.92 Å². The fraction of sp³-hybridized carbons (Fsp3) is 0.333. The third-order valence-electron chi connectivity index (χ3n) is 5.14. The predicted molar refractivity (Wildman–Crippen MR) is 105 cm³/mol. The number of carbonyl (C=O) groups is 1. The number of hydrogen-bond acceptors (Lipinski definition) is 5. The zero-order valence-corrected chi connectivity index (χ0v) is 15.8. The van der Waals surface area contributed by atoms with Crippen LogP contribution in [0.5, 0.6) is 5.88 Å². The van der Waals surface area contributed by atoms with E-state index in [0.717, 1.165) is 49.6 Å². The van der Waals surface area contributed by atoms with Crippen molar-refractivity contribution in [3.63, 3.8) is 0 Å². The average molecular weight is 377 g/mol. The van der Waals surface area contributed by atoms with Gasteiger partial charge in [-0.25, -0.2) is 9.97 Å². The second kappa shape index (κ2) is 8.21. The van der Waals surface area contributed by atoms with Crippen molar-refractivity contribution in [2.24, 2.45) is 5.92 Å². The summed E-state index contributed by atoms with van der Waals surface area (Å²) in [6.07, 6.45) is 4.34. The number of benzene rings is 1. The predicted octanol–water partition coefficient (Wildman–Crippen LogP) is 2.97. The number of aromatic nitrogens is 4. The number of H-pyrrole nitrogens is 1. The molecule has 7 nitrogen and oxygen atoms in total. The second-order valence-electron chi connectivity index (χ2n) is 7.00. The van der Waals surface area contributed by atoms with Crippen molar-refractivity contribution >= 4 is 5.91 Å². The Hall–Kier alpha value is -3.22. The van der Waals surface area contributed by atoms with Crippen LogP contribution in [0.25, 0.3) is 11.4 Å². The second-order valence-corrected chi connectivity index (χ2v) is 7.00. The molecule has 1 aromatic carbocycles. The summed E-state index contributed by atoms with van der Waals surface area (Å²) >= 11 is 0. The van der Waals surface area contributed by atoms with Gasteiger partial charge in [0, 0.05) is 37.3 Å². The summed E-state index contributed by atoms with van der Waals surface area (Å²) < 4.78 is 5.04. The number of aromatic amines is 1. The average Bonchev–Trinajstić information content (AvgIpc) is 3.23. The van der Waals surface area contributed by atoms with Crippen molar-refractivity contribution in [1.29, 1.82) is 0 Å². The van der Waals surface area contributed by atoms with E-state index in [0.29, 0.717) is 17.4 Å². The van der Waals surface area contributed by atoms with E-state index in [1.807, 2.05) is 35.2 Å². The molecule has 3 heterocycles. The first-order chi connectivity index (χ1) is 13.7. The number of rotatable bonds is 5. The van der Waals surface area contributed by atoms with Gasteiger partial charge in [0.05, 0.1) is 12.7 Å². The van der Waals surface area contributed by atoms with Crippen molar-refractivity contribution in [1.82, 2.24) is 25.1 Å². The van der Waals surface area contributed by atoms with Crippen molar-refractivity contribution in [3.05, 3.63) is 60.0 Å². The lowest BCUT2D eigenvalue weighted by molar-refractivity contribution is 0.0689. The normalized spacial score (nSPS) is 14.8. The van der Waals surface area contributed by atoms with Crippen LogP contribution in [0.1, 0.15) is 29.0 Å². The molecule has 7 heteroatoms. The van der Waals surface area contributed by atoms with E-state index >= 15 is 0 Å². The Labute approximate surface area is 163 Å². The summed E-state index contributed by atoms with van der Waals surface area (Å²) in [6, 6.07) is 13.4. The van der Waals surface area contributed by atoms with Crippen molar-refractivity contribution in [2.45, 2.75) is 19.3 Å². The van der Waals surface area contributed by atoms with E-state index in [1.165, 1.54) is 0 Å². The van der Waals surface area contributed by atoms with E-state index in [9.17, 15) is 4.79 Å². The Bertz CT molecular complexity index is 915. The molecular weight excluding hydrogens is 354 g/mol. The van der Waals surface area contributed by atoms with Gasteiger partial charge in [-0.15, -0.1) is 0 Å². The lowest BCUT2D eigenvalue weighted by Gasteiger charge is -2.31. The summed E-state index contributed by atoms with van der Waals surface area (Å²) in [7, 11) is 1.56. The topological polar surface area (TPSA) is 84.0 Å². The van der Waals surface area contributed by atoms with Crippen LogP contribution in [0.4, 0.5) is 0 Å². The molecule has 144 valence electrons. The maximum Gasteiger partial charge on any atom is 0.255 e. The van der Waals surface area contributed by atoms with Gasteiger partial charge in [0.2, 0.25) is 5.88 Å². The van der Waals surface area contributed by atoms with E-state index in [2.05, 4.69) is 20.2 Å². The maximum atomic E-state index is 12.6. The minimum atomic E-state index is 0.0274. The number of methoxy groups -OCH3 is 1. The zero-order valence-electron chi connectivity index (χ0n) is 15.8. The Kier molecular flexibility index (Phi) is 5.32. The third kappa shape index (κ3) is 4.03. The fourth-order valence-corrected chi connectivity index (χ4v) is 3.53. The minimum Gasteiger partial charge on any atom is -0.481 e. The van der Waals surface area contributed by atoms with Gasteiger partial charge < -0.3 is 9.64 Å². The van der Waals surface area contributed by atoms with Crippen LogP contribution < -0.4 is 4.74 Å². The molecule has 0 radical (unpaired) electrons. The Morgan fingerprint density at radius 3 is 2.64 bits per heavy atom. The highest BCUT2D eigenvalue weighted by molar-refractivity contribution is 5.94. The quantitative estimate of drug-likeness (QED) is 0.739. The lowest BCUT2D eigenvalue weighted by atomic mass is 9.93. The Morgan fingerprint density at radius 2 is 1.96 bits per heavy atom. The number of pyridine rings is 1. The van der Waals surface area contributed by atoms with Gasteiger partial charge in [-0.05, 0) is 24.8 Å². The molecule has 0 bridgehead atoms. The first-order valence-electron chi connectivity index (χ1n) is 9.49. The highest BCUT2D eigenvalue weighted by atomic mass is 16.5. The zero-order chi connectivity index (χ0) is 19.3. The molecule has 0 unspecified atom stereocenters. The minimum absolute atomic E-state index is 0.0274. The maximum absolute atomic E-state index is 12.6.